The maximum Gasteiger partial charge on any atom is 0.472 e. The fourth-order valence-electron chi connectivity index (χ4n) is 11.0. The Labute approximate surface area is 556 Å². The summed E-state index contributed by atoms with van der Waals surface area (Å²) in [6.45, 7) is 7.27. The largest absolute Gasteiger partial charge is 0.472 e. The molecule has 0 saturated heterocycles. The summed E-state index contributed by atoms with van der Waals surface area (Å²) in [6.07, 6.45) is 52.4. The molecule has 0 radical (unpaired) electrons. The maximum absolute atomic E-state index is 13.0. The molecule has 0 aliphatic rings. The van der Waals surface area contributed by atoms with E-state index in [-0.39, 0.29) is 25.7 Å². The number of esters is 4. The monoisotopic (exact) mass is 1340 g/mol. The molecule has 0 aliphatic heterocycles. The van der Waals surface area contributed by atoms with Crippen LogP contribution in [0.3, 0.4) is 0 Å². The van der Waals surface area contributed by atoms with Crippen molar-refractivity contribution in [3.05, 3.63) is 0 Å². The first-order valence-electron chi connectivity index (χ1n) is 37.7. The Morgan fingerprint density at radius 2 is 0.527 bits per heavy atom. The number of hydrogen-bond donors (Lipinski definition) is 3. The first kappa shape index (κ1) is 89.1. The highest BCUT2D eigenvalue weighted by Crippen LogP contribution is 2.45. The van der Waals surface area contributed by atoms with Gasteiger partial charge in [-0.25, -0.2) is 9.13 Å². The Hall–Kier alpha value is -1.94. The Morgan fingerprint density at radius 3 is 0.780 bits per heavy atom. The van der Waals surface area contributed by atoms with Gasteiger partial charge in [-0.3, -0.25) is 37.3 Å². The first-order valence-corrected chi connectivity index (χ1v) is 40.7. The van der Waals surface area contributed by atoms with Crippen molar-refractivity contribution in [3.63, 3.8) is 0 Å². The van der Waals surface area contributed by atoms with Crippen molar-refractivity contribution in [2.24, 2.45) is 5.92 Å². The van der Waals surface area contributed by atoms with Crippen LogP contribution in [-0.4, -0.2) is 96.7 Å². The van der Waals surface area contributed by atoms with Gasteiger partial charge in [0.1, 0.15) is 19.3 Å². The average Bonchev–Trinajstić information content (AvgIpc) is 3.08. The van der Waals surface area contributed by atoms with Gasteiger partial charge in [-0.2, -0.15) is 0 Å². The normalized spacial score (nSPS) is 14.3. The lowest BCUT2D eigenvalue weighted by atomic mass is 9.99. The highest BCUT2D eigenvalue weighted by Gasteiger charge is 2.30. The zero-order valence-corrected chi connectivity index (χ0v) is 60.8. The number of rotatable bonds is 72. The van der Waals surface area contributed by atoms with Crippen LogP contribution in [0.25, 0.3) is 0 Å². The fraction of sp³-hybridized carbons (Fsp3) is 0.944. The van der Waals surface area contributed by atoms with Crippen molar-refractivity contribution in [1.82, 2.24) is 0 Å². The van der Waals surface area contributed by atoms with E-state index in [9.17, 15) is 43.2 Å². The molecule has 0 amide bonds. The number of aliphatic hydroxyl groups excluding tert-OH is 1. The molecular formula is C72H140O17P2. The molecule has 0 aliphatic carbocycles. The van der Waals surface area contributed by atoms with E-state index in [4.69, 9.17) is 37.0 Å². The van der Waals surface area contributed by atoms with Crippen LogP contribution >= 0.6 is 15.6 Å². The number of ether oxygens (including phenoxy) is 4. The summed E-state index contributed by atoms with van der Waals surface area (Å²) in [5.74, 6) is -1.34. The molecular weight excluding hydrogens is 1200 g/mol. The lowest BCUT2D eigenvalue weighted by molar-refractivity contribution is -0.161. The van der Waals surface area contributed by atoms with Crippen LogP contribution in [0.15, 0.2) is 0 Å². The van der Waals surface area contributed by atoms with Crippen LogP contribution in [0.2, 0.25) is 0 Å². The SMILES string of the molecule is CCCCCCCCCCCCCCCC(=O)OC[C@H](COP(=O)(O)OC[C@@H](O)COP(=O)(O)OC[C@@H](COC(=O)CCCCCCCCCCC(C)CC)OC(=O)CCCCCCCCCCCCCCC)OC(=O)CCCCCCCCCCCCCCC. The Morgan fingerprint density at radius 1 is 0.308 bits per heavy atom. The summed E-state index contributed by atoms with van der Waals surface area (Å²) in [5, 5.41) is 10.6. The topological polar surface area (TPSA) is 237 Å². The molecule has 0 fully saturated rings. The molecule has 0 aromatic carbocycles. The number of hydrogen-bond acceptors (Lipinski definition) is 15. The molecule has 6 atom stereocenters. The molecule has 0 aromatic rings. The maximum atomic E-state index is 13.0. The van der Waals surface area contributed by atoms with Crippen molar-refractivity contribution < 1.29 is 80.2 Å². The molecule has 540 valence electrons. The highest BCUT2D eigenvalue weighted by atomic mass is 31.2. The third-order valence-electron chi connectivity index (χ3n) is 17.1. The van der Waals surface area contributed by atoms with E-state index in [1.54, 1.807) is 0 Å². The molecule has 0 rings (SSSR count). The molecule has 17 nitrogen and oxygen atoms in total. The predicted octanol–water partition coefficient (Wildman–Crippen LogP) is 20.9. The summed E-state index contributed by atoms with van der Waals surface area (Å²) in [7, 11) is -9.90. The molecule has 19 heteroatoms. The van der Waals surface area contributed by atoms with Crippen LogP contribution < -0.4 is 0 Å². The van der Waals surface area contributed by atoms with Gasteiger partial charge in [0.25, 0.3) is 0 Å². The summed E-state index contributed by atoms with van der Waals surface area (Å²) in [5.41, 5.74) is 0. The third kappa shape index (κ3) is 65.1. The van der Waals surface area contributed by atoms with Crippen molar-refractivity contribution in [3.8, 4) is 0 Å². The zero-order valence-electron chi connectivity index (χ0n) is 59.0. The van der Waals surface area contributed by atoms with Crippen LogP contribution in [0, 0.1) is 5.92 Å². The van der Waals surface area contributed by atoms with Gasteiger partial charge in [0.15, 0.2) is 12.2 Å². The minimum Gasteiger partial charge on any atom is -0.462 e. The molecule has 0 heterocycles. The fourth-order valence-corrected chi connectivity index (χ4v) is 12.5. The molecule has 91 heavy (non-hydrogen) atoms. The van der Waals surface area contributed by atoms with E-state index < -0.39 is 97.5 Å². The minimum absolute atomic E-state index is 0.107. The van der Waals surface area contributed by atoms with Crippen molar-refractivity contribution in [2.45, 2.75) is 393 Å². The number of phosphoric ester groups is 2. The Balaban J connectivity index is 5.26. The Bertz CT molecular complexity index is 1760. The smallest absolute Gasteiger partial charge is 0.462 e. The number of unbranched alkanes of at least 4 members (excludes halogenated alkanes) is 43. The third-order valence-corrected chi connectivity index (χ3v) is 19.0. The number of phosphoric acid groups is 2. The lowest BCUT2D eigenvalue weighted by Crippen LogP contribution is -2.30. The van der Waals surface area contributed by atoms with Crippen LogP contribution in [0.1, 0.15) is 375 Å². The zero-order chi connectivity index (χ0) is 67.0. The quantitative estimate of drug-likeness (QED) is 0.0222. The van der Waals surface area contributed by atoms with Gasteiger partial charge in [-0.15, -0.1) is 0 Å². The van der Waals surface area contributed by atoms with Gasteiger partial charge in [0.2, 0.25) is 0 Å². The number of aliphatic hydroxyl groups is 1. The second-order valence-electron chi connectivity index (χ2n) is 26.2. The van der Waals surface area contributed by atoms with Gasteiger partial charge < -0.3 is 33.8 Å². The molecule has 3 unspecified atom stereocenters. The van der Waals surface area contributed by atoms with Crippen molar-refractivity contribution >= 4 is 39.5 Å². The van der Waals surface area contributed by atoms with Gasteiger partial charge in [0.05, 0.1) is 26.4 Å². The van der Waals surface area contributed by atoms with Gasteiger partial charge in [-0.05, 0) is 31.6 Å². The summed E-state index contributed by atoms with van der Waals surface area (Å²) in [6, 6.07) is 0. The van der Waals surface area contributed by atoms with Crippen molar-refractivity contribution in [1.29, 1.82) is 0 Å². The van der Waals surface area contributed by atoms with E-state index in [2.05, 4.69) is 34.6 Å². The molecule has 0 spiro atoms. The first-order chi connectivity index (χ1) is 44.1. The second-order valence-corrected chi connectivity index (χ2v) is 29.1. The predicted molar refractivity (Wildman–Crippen MR) is 368 cm³/mol. The van der Waals surface area contributed by atoms with Gasteiger partial charge in [-0.1, -0.05) is 324 Å². The number of carbonyl (C=O) groups is 4. The molecule has 0 aromatic heterocycles. The van der Waals surface area contributed by atoms with E-state index in [1.165, 1.54) is 199 Å². The highest BCUT2D eigenvalue weighted by molar-refractivity contribution is 7.47. The van der Waals surface area contributed by atoms with E-state index in [0.717, 1.165) is 95.8 Å². The lowest BCUT2D eigenvalue weighted by Gasteiger charge is -2.21. The summed E-state index contributed by atoms with van der Waals surface area (Å²) < 4.78 is 68.4. The standard InChI is InChI=1S/C72H140O17P2/c1-6-10-13-16-19-22-25-28-31-34-40-45-50-55-69(74)82-61-67(88-71(76)57-52-47-42-35-32-29-26-23-20-17-14-11-7-2)63-86-90(78,79)84-59-66(73)60-85-91(80,81)87-64-68(62-83-70(75)56-51-46-41-38-37-39-44-49-54-65(5)9-4)89-72(77)58-53-48-43-36-33-30-27-24-21-18-15-12-8-3/h65-68,73H,6-64H2,1-5H3,(H,78,79)(H,80,81)/t65?,66-,67-,68-/m1/s1. The Kier molecular flexibility index (Phi) is 64.0. The van der Waals surface area contributed by atoms with E-state index >= 15 is 0 Å². The van der Waals surface area contributed by atoms with Crippen LogP contribution in [-0.2, 0) is 65.4 Å². The molecule has 0 saturated carbocycles. The van der Waals surface area contributed by atoms with Crippen molar-refractivity contribution in [2.75, 3.05) is 39.6 Å². The van der Waals surface area contributed by atoms with Gasteiger partial charge in [0, 0.05) is 25.7 Å². The summed E-state index contributed by atoms with van der Waals surface area (Å²) in [4.78, 5) is 72.7. The van der Waals surface area contributed by atoms with E-state index in [1.807, 2.05) is 0 Å². The average molecular weight is 1340 g/mol. The van der Waals surface area contributed by atoms with Gasteiger partial charge >= 0.3 is 39.5 Å². The molecule has 3 N–H and O–H groups in total. The molecule has 0 bridgehead atoms. The second kappa shape index (κ2) is 65.4. The van der Waals surface area contributed by atoms with Crippen LogP contribution in [0.5, 0.6) is 0 Å². The summed E-state index contributed by atoms with van der Waals surface area (Å²) >= 11 is 0. The number of carbonyl (C=O) groups excluding carboxylic acids is 4. The minimum atomic E-state index is -4.95. The van der Waals surface area contributed by atoms with E-state index in [0.29, 0.717) is 25.7 Å². The van der Waals surface area contributed by atoms with Crippen LogP contribution in [0.4, 0.5) is 0 Å².